The van der Waals surface area contributed by atoms with E-state index in [2.05, 4.69) is 4.99 Å². The molecular weight excluding hydrogens is 572 g/mol. The first kappa shape index (κ1) is 29.4. The fourth-order valence-corrected chi connectivity index (χ4v) is 5.88. The normalized spacial score (nSPS) is 14.9. The molecule has 0 aliphatic carbocycles. The molecule has 0 N–H and O–H groups in total. The molecular formula is C33H31ClN2O5S. The number of hydrogen-bond donors (Lipinski definition) is 0. The molecule has 1 aliphatic rings. The first-order valence-corrected chi connectivity index (χ1v) is 14.9. The first-order valence-electron chi connectivity index (χ1n) is 13.7. The van der Waals surface area contributed by atoms with Crippen LogP contribution in [0.3, 0.4) is 0 Å². The summed E-state index contributed by atoms with van der Waals surface area (Å²) in [4.78, 5) is 32.3. The molecule has 0 fully saturated rings. The van der Waals surface area contributed by atoms with Crippen molar-refractivity contribution in [1.82, 2.24) is 4.57 Å². The highest BCUT2D eigenvalue weighted by Gasteiger charge is 2.33. The van der Waals surface area contributed by atoms with Gasteiger partial charge in [-0.3, -0.25) is 9.36 Å². The van der Waals surface area contributed by atoms with Crippen LogP contribution in [0.1, 0.15) is 50.4 Å². The van der Waals surface area contributed by atoms with Gasteiger partial charge in [0.05, 0.1) is 34.6 Å². The van der Waals surface area contributed by atoms with Crippen LogP contribution in [0.4, 0.5) is 0 Å². The van der Waals surface area contributed by atoms with Gasteiger partial charge in [-0.2, -0.15) is 0 Å². The summed E-state index contributed by atoms with van der Waals surface area (Å²) in [5.41, 5.74) is 3.12. The summed E-state index contributed by atoms with van der Waals surface area (Å²) in [6, 6.07) is 21.9. The molecule has 1 unspecified atom stereocenters. The maximum atomic E-state index is 13.9. The van der Waals surface area contributed by atoms with Gasteiger partial charge in [0.15, 0.2) is 16.3 Å². The number of ether oxygens (including phenoxy) is 3. The minimum atomic E-state index is -0.709. The van der Waals surface area contributed by atoms with E-state index in [1.807, 2.05) is 67.6 Å². The van der Waals surface area contributed by atoms with Gasteiger partial charge in [-0.05, 0) is 74.7 Å². The number of carbonyl (C=O) groups is 1. The van der Waals surface area contributed by atoms with Gasteiger partial charge in [-0.15, -0.1) is 0 Å². The lowest BCUT2D eigenvalue weighted by Crippen LogP contribution is -2.40. The molecule has 9 heteroatoms. The Bertz CT molecular complexity index is 1810. The Morgan fingerprint density at radius 3 is 2.48 bits per heavy atom. The Balaban J connectivity index is 1.56. The van der Waals surface area contributed by atoms with Crippen LogP contribution < -0.4 is 24.4 Å². The molecule has 1 aromatic heterocycles. The summed E-state index contributed by atoms with van der Waals surface area (Å²) in [6.45, 7) is 8.11. The van der Waals surface area contributed by atoms with Crippen LogP contribution in [0.25, 0.3) is 6.08 Å². The Kier molecular flexibility index (Phi) is 8.94. The van der Waals surface area contributed by atoms with E-state index in [0.29, 0.717) is 50.3 Å². The van der Waals surface area contributed by atoms with Crippen LogP contribution in [0.5, 0.6) is 11.5 Å². The third-order valence-electron chi connectivity index (χ3n) is 6.57. The van der Waals surface area contributed by atoms with E-state index in [1.54, 1.807) is 43.5 Å². The van der Waals surface area contributed by atoms with Crippen molar-refractivity contribution >= 4 is 35.0 Å². The topological polar surface area (TPSA) is 79.1 Å². The summed E-state index contributed by atoms with van der Waals surface area (Å²) in [5, 5.41) is 0.555. The molecule has 42 heavy (non-hydrogen) atoms. The van der Waals surface area contributed by atoms with Crippen LogP contribution in [-0.2, 0) is 16.1 Å². The van der Waals surface area contributed by atoms with Gasteiger partial charge in [-0.25, -0.2) is 9.79 Å². The number of thiazole rings is 1. The molecule has 0 radical (unpaired) electrons. The summed E-state index contributed by atoms with van der Waals surface area (Å²) in [7, 11) is 0. The fraction of sp³-hybridized carbons (Fsp3) is 0.242. The second kappa shape index (κ2) is 12.8. The van der Waals surface area contributed by atoms with E-state index in [4.69, 9.17) is 25.8 Å². The van der Waals surface area contributed by atoms with Crippen LogP contribution in [0, 0.1) is 0 Å². The summed E-state index contributed by atoms with van der Waals surface area (Å²) in [5.74, 6) is 0.697. The monoisotopic (exact) mass is 602 g/mol. The van der Waals surface area contributed by atoms with Gasteiger partial charge < -0.3 is 14.2 Å². The molecule has 1 atom stereocenters. The van der Waals surface area contributed by atoms with Crippen LogP contribution in [0.15, 0.2) is 93.9 Å². The molecule has 4 aromatic rings. The largest absolute Gasteiger partial charge is 0.490 e. The van der Waals surface area contributed by atoms with Crippen LogP contribution in [-0.4, -0.2) is 23.2 Å². The Hall–Kier alpha value is -4.14. The highest BCUT2D eigenvalue weighted by atomic mass is 35.5. The van der Waals surface area contributed by atoms with Gasteiger partial charge in [0.25, 0.3) is 5.56 Å². The fourth-order valence-electron chi connectivity index (χ4n) is 4.71. The molecule has 7 nitrogen and oxygen atoms in total. The summed E-state index contributed by atoms with van der Waals surface area (Å²) >= 11 is 7.42. The van der Waals surface area contributed by atoms with E-state index >= 15 is 0 Å². The average molecular weight is 603 g/mol. The molecule has 0 amide bonds. The maximum absolute atomic E-state index is 13.9. The number of carbonyl (C=O) groups excluding carboxylic acids is 1. The van der Waals surface area contributed by atoms with Gasteiger partial charge in [0.2, 0.25) is 0 Å². The van der Waals surface area contributed by atoms with E-state index in [0.717, 1.165) is 16.7 Å². The van der Waals surface area contributed by atoms with Crippen molar-refractivity contribution in [2.24, 2.45) is 4.99 Å². The van der Waals surface area contributed by atoms with Crippen molar-refractivity contribution in [2.45, 2.75) is 46.4 Å². The lowest BCUT2D eigenvalue weighted by Gasteiger charge is -2.25. The predicted octanol–water partition coefficient (Wildman–Crippen LogP) is 5.82. The number of esters is 1. The third-order valence-corrected chi connectivity index (χ3v) is 7.81. The highest BCUT2D eigenvalue weighted by Crippen LogP contribution is 2.32. The van der Waals surface area contributed by atoms with Crippen molar-refractivity contribution in [1.29, 1.82) is 0 Å². The summed E-state index contributed by atoms with van der Waals surface area (Å²) in [6.07, 6.45) is 1.48. The van der Waals surface area contributed by atoms with Crippen molar-refractivity contribution < 1.29 is 19.0 Å². The van der Waals surface area contributed by atoms with Gasteiger partial charge in [-0.1, -0.05) is 71.5 Å². The molecule has 5 rings (SSSR count). The Morgan fingerprint density at radius 1 is 1.05 bits per heavy atom. The van der Waals surface area contributed by atoms with Crippen molar-refractivity contribution in [3.63, 3.8) is 0 Å². The van der Waals surface area contributed by atoms with E-state index < -0.39 is 12.0 Å². The Morgan fingerprint density at radius 2 is 1.79 bits per heavy atom. The lowest BCUT2D eigenvalue weighted by molar-refractivity contribution is -0.143. The SMILES string of the molecule is CCOc1cc(C=c2sc3n(c2=O)C(c2ccc(Cl)cc2)C(C(=O)OC(C)C)=C(C)N=3)ccc1OCc1ccccc1. The molecule has 216 valence electrons. The standard InChI is InChI=1S/C33H31ClN2O5S/c1-5-39-27-17-23(11-16-26(27)40-19-22-9-7-6-8-10-22)18-28-31(37)36-30(24-12-14-25(34)15-13-24)29(32(38)41-20(2)3)21(4)35-33(36)42-28/h6-18,20,30H,5,19H2,1-4H3. The van der Waals surface area contributed by atoms with Crippen molar-refractivity contribution in [2.75, 3.05) is 6.61 Å². The molecule has 3 aromatic carbocycles. The zero-order chi connectivity index (χ0) is 29.8. The minimum Gasteiger partial charge on any atom is -0.490 e. The molecule has 0 spiro atoms. The van der Waals surface area contributed by atoms with Gasteiger partial charge in [0, 0.05) is 5.02 Å². The number of hydrogen-bond acceptors (Lipinski definition) is 7. The lowest BCUT2D eigenvalue weighted by atomic mass is 9.96. The second-order valence-corrected chi connectivity index (χ2v) is 11.4. The van der Waals surface area contributed by atoms with Gasteiger partial charge >= 0.3 is 5.97 Å². The number of aromatic nitrogens is 1. The molecule has 1 aliphatic heterocycles. The third kappa shape index (κ3) is 6.35. The zero-order valence-corrected chi connectivity index (χ0v) is 25.4. The minimum absolute atomic E-state index is 0.261. The molecule has 0 saturated carbocycles. The van der Waals surface area contributed by atoms with E-state index in [1.165, 1.54) is 11.3 Å². The second-order valence-electron chi connectivity index (χ2n) is 10.0. The Labute approximate surface area is 253 Å². The maximum Gasteiger partial charge on any atom is 0.338 e. The van der Waals surface area contributed by atoms with Gasteiger partial charge in [0.1, 0.15) is 6.61 Å². The zero-order valence-electron chi connectivity index (χ0n) is 23.8. The quantitative estimate of drug-likeness (QED) is 0.226. The molecule has 2 heterocycles. The van der Waals surface area contributed by atoms with Crippen LogP contribution in [0.2, 0.25) is 5.02 Å². The van der Waals surface area contributed by atoms with Crippen LogP contribution >= 0.6 is 22.9 Å². The average Bonchev–Trinajstić information content (AvgIpc) is 3.26. The molecule has 0 saturated heterocycles. The number of nitrogens with zero attached hydrogens (tertiary/aromatic N) is 2. The van der Waals surface area contributed by atoms with Crippen molar-refractivity contribution in [3.8, 4) is 11.5 Å². The number of benzene rings is 3. The summed E-state index contributed by atoms with van der Waals surface area (Å²) < 4.78 is 19.5. The van der Waals surface area contributed by atoms with E-state index in [9.17, 15) is 9.59 Å². The van der Waals surface area contributed by atoms with Crippen molar-refractivity contribution in [3.05, 3.63) is 125 Å². The smallest absolute Gasteiger partial charge is 0.338 e. The first-order chi connectivity index (χ1) is 20.2. The highest BCUT2D eigenvalue weighted by molar-refractivity contribution is 7.07. The number of rotatable bonds is 9. The number of fused-ring (bicyclic) bond motifs is 1. The number of halogens is 1. The predicted molar refractivity (Wildman–Crippen MR) is 165 cm³/mol. The number of allylic oxidation sites excluding steroid dienone is 1. The van der Waals surface area contributed by atoms with E-state index in [-0.39, 0.29) is 11.7 Å². The molecule has 0 bridgehead atoms.